The molecule has 1 heterocycles. The fraction of sp³-hybridized carbons (Fsp3) is 0.600. The molecule has 0 fully saturated rings. The molecule has 0 aromatic heterocycles. The van der Waals surface area contributed by atoms with Gasteiger partial charge >= 0.3 is 0 Å². The first-order chi connectivity index (χ1) is 8.79. The molecule has 2 rings (SSSR count). The highest BCUT2D eigenvalue weighted by atomic mass is 16.5. The molecular formula is C15H23NO2. The van der Waals surface area contributed by atoms with Gasteiger partial charge in [0.05, 0.1) is 13.2 Å². The average Bonchev–Trinajstić information content (AvgIpc) is 2.61. The normalized spacial score (nSPS) is 16.1. The van der Waals surface area contributed by atoms with E-state index >= 15 is 0 Å². The summed E-state index contributed by atoms with van der Waals surface area (Å²) in [5.41, 5.74) is 1.30. The van der Waals surface area contributed by atoms with Crippen LogP contribution in [0.2, 0.25) is 0 Å². The molecule has 0 amide bonds. The van der Waals surface area contributed by atoms with Crippen molar-refractivity contribution in [2.75, 3.05) is 19.8 Å². The lowest BCUT2D eigenvalue weighted by molar-refractivity contribution is 0.297. The van der Waals surface area contributed by atoms with Gasteiger partial charge in [-0.2, -0.15) is 0 Å². The van der Waals surface area contributed by atoms with Gasteiger partial charge in [0, 0.05) is 12.5 Å². The Hall–Kier alpha value is -1.22. The van der Waals surface area contributed by atoms with Crippen molar-refractivity contribution in [3.63, 3.8) is 0 Å². The standard InChI is InChI=1S/C15H23NO2/c1-3-7-16-12(2)10-13-5-6-14-15(11-13)18-9-4-8-17-14/h5-6,11-12,16H,3-4,7-10H2,1-2H3. The van der Waals surface area contributed by atoms with Crippen LogP contribution in [0, 0.1) is 0 Å². The lowest BCUT2D eigenvalue weighted by Gasteiger charge is -2.14. The van der Waals surface area contributed by atoms with E-state index in [1.807, 2.05) is 6.07 Å². The number of rotatable bonds is 5. The van der Waals surface area contributed by atoms with Crippen LogP contribution in [0.4, 0.5) is 0 Å². The lowest BCUT2D eigenvalue weighted by Crippen LogP contribution is -2.28. The molecule has 0 spiro atoms. The molecule has 1 aliphatic heterocycles. The Morgan fingerprint density at radius 1 is 1.22 bits per heavy atom. The maximum atomic E-state index is 5.71. The van der Waals surface area contributed by atoms with Crippen LogP contribution in [0.3, 0.4) is 0 Å². The third kappa shape index (κ3) is 3.64. The van der Waals surface area contributed by atoms with E-state index in [1.54, 1.807) is 0 Å². The zero-order chi connectivity index (χ0) is 12.8. The molecular weight excluding hydrogens is 226 g/mol. The van der Waals surface area contributed by atoms with E-state index in [9.17, 15) is 0 Å². The molecule has 1 aromatic rings. The van der Waals surface area contributed by atoms with Gasteiger partial charge in [-0.15, -0.1) is 0 Å². The van der Waals surface area contributed by atoms with Crippen LogP contribution >= 0.6 is 0 Å². The minimum atomic E-state index is 0.495. The Labute approximate surface area is 109 Å². The number of hydrogen-bond acceptors (Lipinski definition) is 3. The Morgan fingerprint density at radius 3 is 2.78 bits per heavy atom. The van der Waals surface area contributed by atoms with Gasteiger partial charge in [0.25, 0.3) is 0 Å². The van der Waals surface area contributed by atoms with Crippen molar-refractivity contribution in [3.8, 4) is 11.5 Å². The summed E-state index contributed by atoms with van der Waals surface area (Å²) in [5.74, 6) is 1.78. The van der Waals surface area contributed by atoms with Crippen LogP contribution in [-0.4, -0.2) is 25.8 Å². The maximum Gasteiger partial charge on any atom is 0.161 e. The van der Waals surface area contributed by atoms with Gasteiger partial charge in [-0.1, -0.05) is 13.0 Å². The van der Waals surface area contributed by atoms with Gasteiger partial charge in [-0.3, -0.25) is 0 Å². The SMILES string of the molecule is CCCNC(C)Cc1ccc2c(c1)OCCCO2. The van der Waals surface area contributed by atoms with Gasteiger partial charge in [0.2, 0.25) is 0 Å². The molecule has 0 saturated heterocycles. The highest BCUT2D eigenvalue weighted by molar-refractivity contribution is 5.43. The van der Waals surface area contributed by atoms with E-state index in [4.69, 9.17) is 9.47 Å². The molecule has 1 aromatic carbocycles. The average molecular weight is 249 g/mol. The van der Waals surface area contributed by atoms with Crippen molar-refractivity contribution in [2.45, 2.75) is 39.2 Å². The van der Waals surface area contributed by atoms with Crippen LogP contribution in [0.25, 0.3) is 0 Å². The van der Waals surface area contributed by atoms with Crippen molar-refractivity contribution in [1.29, 1.82) is 0 Å². The third-order valence-corrected chi connectivity index (χ3v) is 3.10. The van der Waals surface area contributed by atoms with E-state index in [0.29, 0.717) is 6.04 Å². The minimum absolute atomic E-state index is 0.495. The second-order valence-corrected chi connectivity index (χ2v) is 4.89. The zero-order valence-corrected chi connectivity index (χ0v) is 11.4. The number of ether oxygens (including phenoxy) is 2. The number of fused-ring (bicyclic) bond motifs is 1. The Balaban J connectivity index is 1.99. The summed E-state index contributed by atoms with van der Waals surface area (Å²) in [4.78, 5) is 0. The fourth-order valence-electron chi connectivity index (χ4n) is 2.15. The van der Waals surface area contributed by atoms with E-state index in [1.165, 1.54) is 12.0 Å². The van der Waals surface area contributed by atoms with Crippen LogP contribution < -0.4 is 14.8 Å². The zero-order valence-electron chi connectivity index (χ0n) is 11.4. The van der Waals surface area contributed by atoms with E-state index < -0.39 is 0 Å². The highest BCUT2D eigenvalue weighted by Gasteiger charge is 2.11. The van der Waals surface area contributed by atoms with Gasteiger partial charge in [-0.25, -0.2) is 0 Å². The summed E-state index contributed by atoms with van der Waals surface area (Å²) in [6, 6.07) is 6.78. The quantitative estimate of drug-likeness (QED) is 0.870. The molecule has 18 heavy (non-hydrogen) atoms. The van der Waals surface area contributed by atoms with Crippen LogP contribution in [0.15, 0.2) is 18.2 Å². The molecule has 0 radical (unpaired) electrons. The molecule has 3 heteroatoms. The second-order valence-electron chi connectivity index (χ2n) is 4.89. The van der Waals surface area contributed by atoms with Gasteiger partial charge in [0.15, 0.2) is 11.5 Å². The molecule has 1 aliphatic rings. The number of nitrogens with one attached hydrogen (secondary N) is 1. The summed E-state index contributed by atoms with van der Waals surface area (Å²) < 4.78 is 11.3. The first kappa shape index (κ1) is 13.2. The molecule has 100 valence electrons. The first-order valence-corrected chi connectivity index (χ1v) is 6.91. The summed E-state index contributed by atoms with van der Waals surface area (Å²) in [6.07, 6.45) is 3.15. The van der Waals surface area contributed by atoms with Crippen molar-refractivity contribution >= 4 is 0 Å². The third-order valence-electron chi connectivity index (χ3n) is 3.10. The first-order valence-electron chi connectivity index (χ1n) is 6.91. The van der Waals surface area contributed by atoms with E-state index in [-0.39, 0.29) is 0 Å². The maximum absolute atomic E-state index is 5.71. The van der Waals surface area contributed by atoms with E-state index in [2.05, 4.69) is 31.3 Å². The van der Waals surface area contributed by atoms with Gasteiger partial charge in [-0.05, 0) is 44.0 Å². The van der Waals surface area contributed by atoms with Crippen LogP contribution in [-0.2, 0) is 6.42 Å². The predicted molar refractivity (Wildman–Crippen MR) is 73.5 cm³/mol. The van der Waals surface area contributed by atoms with Crippen molar-refractivity contribution in [1.82, 2.24) is 5.32 Å². The topological polar surface area (TPSA) is 30.5 Å². The lowest BCUT2D eigenvalue weighted by atomic mass is 10.1. The summed E-state index contributed by atoms with van der Waals surface area (Å²) in [5, 5.41) is 3.50. The van der Waals surface area contributed by atoms with Crippen LogP contribution in [0.5, 0.6) is 11.5 Å². The number of hydrogen-bond donors (Lipinski definition) is 1. The van der Waals surface area contributed by atoms with Crippen molar-refractivity contribution in [2.24, 2.45) is 0 Å². The molecule has 0 saturated carbocycles. The Morgan fingerprint density at radius 2 is 2.00 bits per heavy atom. The molecule has 1 N–H and O–H groups in total. The monoisotopic (exact) mass is 249 g/mol. The highest BCUT2D eigenvalue weighted by Crippen LogP contribution is 2.30. The summed E-state index contributed by atoms with van der Waals surface area (Å²) in [6.45, 7) is 6.98. The Bertz CT molecular complexity index is 379. The molecule has 0 aliphatic carbocycles. The predicted octanol–water partition coefficient (Wildman–Crippen LogP) is 2.78. The minimum Gasteiger partial charge on any atom is -0.490 e. The summed E-state index contributed by atoms with van der Waals surface area (Å²) in [7, 11) is 0. The fourth-order valence-corrected chi connectivity index (χ4v) is 2.15. The molecule has 0 bridgehead atoms. The second kappa shape index (κ2) is 6.64. The number of benzene rings is 1. The molecule has 3 nitrogen and oxygen atoms in total. The van der Waals surface area contributed by atoms with Gasteiger partial charge in [0.1, 0.15) is 0 Å². The largest absolute Gasteiger partial charge is 0.490 e. The molecule has 1 atom stereocenters. The van der Waals surface area contributed by atoms with E-state index in [0.717, 1.165) is 44.1 Å². The summed E-state index contributed by atoms with van der Waals surface area (Å²) >= 11 is 0. The van der Waals surface area contributed by atoms with Gasteiger partial charge < -0.3 is 14.8 Å². The van der Waals surface area contributed by atoms with Crippen molar-refractivity contribution in [3.05, 3.63) is 23.8 Å². The van der Waals surface area contributed by atoms with Crippen LogP contribution in [0.1, 0.15) is 32.3 Å². The van der Waals surface area contributed by atoms with Crippen molar-refractivity contribution < 1.29 is 9.47 Å². The molecule has 1 unspecified atom stereocenters. The smallest absolute Gasteiger partial charge is 0.161 e. The Kier molecular flexibility index (Phi) is 4.88.